The lowest BCUT2D eigenvalue weighted by atomic mass is 9.73. The number of aliphatic hydroxyl groups is 1. The lowest BCUT2D eigenvalue weighted by molar-refractivity contribution is -0.168. The van der Waals surface area contributed by atoms with Crippen molar-refractivity contribution in [2.24, 2.45) is 5.92 Å². The van der Waals surface area contributed by atoms with Crippen LogP contribution in [0.15, 0.2) is 24.3 Å². The van der Waals surface area contributed by atoms with Gasteiger partial charge < -0.3 is 19.6 Å². The third-order valence-electron chi connectivity index (χ3n) is 6.44. The van der Waals surface area contributed by atoms with E-state index in [1.807, 2.05) is 24.3 Å². The lowest BCUT2D eigenvalue weighted by Gasteiger charge is -2.58. The van der Waals surface area contributed by atoms with E-state index in [-0.39, 0.29) is 49.6 Å². The topological polar surface area (TPSA) is 70.1 Å². The Bertz CT molecular complexity index is 820. The zero-order valence-electron chi connectivity index (χ0n) is 16.8. The number of hydrogen-bond acceptors (Lipinski definition) is 4. The van der Waals surface area contributed by atoms with Gasteiger partial charge in [0.15, 0.2) is 0 Å². The number of piperazine rings is 1. The minimum Gasteiger partial charge on any atom is -0.394 e. The van der Waals surface area contributed by atoms with E-state index in [0.717, 1.165) is 11.1 Å². The molecule has 0 aromatic heterocycles. The highest BCUT2D eigenvalue weighted by molar-refractivity contribution is 5.88. The molecule has 3 fully saturated rings. The SMILES string of the molecule is COCC(=O)N1CC(=O)N2[C@H](CO)[C@@H](c3ccc(C#CC4CCCC4)cc3)[C@H]2C1. The Morgan fingerprint density at radius 3 is 2.62 bits per heavy atom. The fourth-order valence-electron chi connectivity index (χ4n) is 4.95. The summed E-state index contributed by atoms with van der Waals surface area (Å²) in [5.41, 5.74) is 2.07. The molecule has 6 nitrogen and oxygen atoms in total. The minimum absolute atomic E-state index is 0.0129. The highest BCUT2D eigenvalue weighted by atomic mass is 16.5. The van der Waals surface area contributed by atoms with Crippen LogP contribution in [0, 0.1) is 17.8 Å². The fourth-order valence-corrected chi connectivity index (χ4v) is 4.95. The maximum absolute atomic E-state index is 12.5. The Kier molecular flexibility index (Phi) is 5.89. The first-order valence-electron chi connectivity index (χ1n) is 10.4. The normalized spacial score (nSPS) is 26.6. The van der Waals surface area contributed by atoms with Gasteiger partial charge in [-0.3, -0.25) is 9.59 Å². The van der Waals surface area contributed by atoms with Crippen LogP contribution < -0.4 is 0 Å². The van der Waals surface area contributed by atoms with E-state index in [0.29, 0.717) is 12.5 Å². The zero-order chi connectivity index (χ0) is 20.4. The molecule has 1 N–H and O–H groups in total. The molecule has 2 heterocycles. The standard InChI is InChI=1S/C23H28N2O4/c1-29-15-22(28)24-12-19-23(20(14-26)25(19)21(27)13-24)18-10-8-17(9-11-18)7-6-16-4-2-3-5-16/h8-11,16,19-20,23,26H,2-5,12-15H2,1H3/t19-,20-,23+/m1/s1. The number of ether oxygens (including phenoxy) is 1. The maximum Gasteiger partial charge on any atom is 0.249 e. The number of nitrogens with zero attached hydrogens (tertiary/aromatic N) is 2. The molecule has 6 heteroatoms. The summed E-state index contributed by atoms with van der Waals surface area (Å²) < 4.78 is 4.93. The van der Waals surface area contributed by atoms with Crippen molar-refractivity contribution >= 4 is 11.8 Å². The van der Waals surface area contributed by atoms with Crippen molar-refractivity contribution in [3.63, 3.8) is 0 Å². The van der Waals surface area contributed by atoms with Crippen LogP contribution in [0.3, 0.4) is 0 Å². The van der Waals surface area contributed by atoms with Gasteiger partial charge in [-0.1, -0.05) is 36.8 Å². The number of carbonyl (C=O) groups excluding carboxylic acids is 2. The number of hydrogen-bond donors (Lipinski definition) is 1. The van der Waals surface area contributed by atoms with Gasteiger partial charge in [-0.15, -0.1) is 0 Å². The summed E-state index contributed by atoms with van der Waals surface area (Å²) in [7, 11) is 1.47. The summed E-state index contributed by atoms with van der Waals surface area (Å²) in [6.45, 7) is 0.417. The largest absolute Gasteiger partial charge is 0.394 e. The second-order valence-electron chi connectivity index (χ2n) is 8.22. The van der Waals surface area contributed by atoms with Crippen molar-refractivity contribution in [3.8, 4) is 11.8 Å². The second-order valence-corrected chi connectivity index (χ2v) is 8.22. The summed E-state index contributed by atoms with van der Waals surface area (Å²) in [5.74, 6) is 6.91. The van der Waals surface area contributed by atoms with Crippen molar-refractivity contribution in [1.29, 1.82) is 0 Å². The molecular weight excluding hydrogens is 368 g/mol. The van der Waals surface area contributed by atoms with Crippen LogP contribution in [0.25, 0.3) is 0 Å². The summed E-state index contributed by atoms with van der Waals surface area (Å²) >= 11 is 0. The summed E-state index contributed by atoms with van der Waals surface area (Å²) in [6.07, 6.45) is 4.97. The number of carbonyl (C=O) groups is 2. The molecule has 3 aliphatic rings. The Labute approximate surface area is 171 Å². The molecular formula is C23H28N2O4. The van der Waals surface area contributed by atoms with E-state index in [4.69, 9.17) is 4.74 Å². The highest BCUT2D eigenvalue weighted by Crippen LogP contribution is 2.42. The molecule has 0 spiro atoms. The Balaban J connectivity index is 1.49. The van der Waals surface area contributed by atoms with Gasteiger partial charge in [0.2, 0.25) is 11.8 Å². The van der Waals surface area contributed by atoms with Crippen molar-refractivity contribution in [2.75, 3.05) is 33.4 Å². The average molecular weight is 396 g/mol. The van der Waals surface area contributed by atoms with Crippen LogP contribution in [0.5, 0.6) is 0 Å². The van der Waals surface area contributed by atoms with Crippen LogP contribution >= 0.6 is 0 Å². The fraction of sp³-hybridized carbons (Fsp3) is 0.565. The number of benzene rings is 1. The van der Waals surface area contributed by atoms with Gasteiger partial charge in [0, 0.05) is 31.1 Å². The lowest BCUT2D eigenvalue weighted by Crippen LogP contribution is -2.73. The zero-order valence-corrected chi connectivity index (χ0v) is 16.8. The number of amides is 2. The van der Waals surface area contributed by atoms with Gasteiger partial charge in [0.05, 0.1) is 25.2 Å². The number of aliphatic hydroxyl groups excluding tert-OH is 1. The average Bonchev–Trinajstić information content (AvgIpc) is 3.22. The molecule has 3 atom stereocenters. The molecule has 0 radical (unpaired) electrons. The Hall–Kier alpha value is -2.36. The first-order valence-corrected chi connectivity index (χ1v) is 10.4. The maximum atomic E-state index is 12.5. The Morgan fingerprint density at radius 1 is 1.24 bits per heavy atom. The predicted octanol–water partition coefficient (Wildman–Crippen LogP) is 1.37. The van der Waals surface area contributed by atoms with Gasteiger partial charge in [-0.25, -0.2) is 0 Å². The van der Waals surface area contributed by atoms with Gasteiger partial charge in [0.25, 0.3) is 0 Å². The predicted molar refractivity (Wildman–Crippen MR) is 108 cm³/mol. The number of rotatable bonds is 4. The molecule has 1 aliphatic carbocycles. The van der Waals surface area contributed by atoms with Crippen LogP contribution in [0.4, 0.5) is 0 Å². The molecule has 1 aromatic rings. The first-order chi connectivity index (χ1) is 14.1. The van der Waals surface area contributed by atoms with E-state index < -0.39 is 0 Å². The highest BCUT2D eigenvalue weighted by Gasteiger charge is 2.54. The summed E-state index contributed by atoms with van der Waals surface area (Å²) in [5, 5.41) is 9.88. The number of methoxy groups -OCH3 is 1. The molecule has 1 saturated carbocycles. The van der Waals surface area contributed by atoms with Gasteiger partial charge in [-0.05, 0) is 30.5 Å². The first kappa shape index (κ1) is 19.9. The van der Waals surface area contributed by atoms with Crippen LogP contribution in [-0.2, 0) is 14.3 Å². The van der Waals surface area contributed by atoms with Crippen LogP contribution in [-0.4, -0.2) is 72.2 Å². The van der Waals surface area contributed by atoms with Crippen molar-refractivity contribution in [3.05, 3.63) is 35.4 Å². The summed E-state index contributed by atoms with van der Waals surface area (Å²) in [6, 6.07) is 7.79. The van der Waals surface area contributed by atoms with Gasteiger partial charge >= 0.3 is 0 Å². The third kappa shape index (κ3) is 3.90. The third-order valence-corrected chi connectivity index (χ3v) is 6.44. The molecule has 1 aromatic carbocycles. The van der Waals surface area contributed by atoms with Crippen LogP contribution in [0.2, 0.25) is 0 Å². The molecule has 0 unspecified atom stereocenters. The molecule has 0 bridgehead atoms. The van der Waals surface area contributed by atoms with Crippen LogP contribution in [0.1, 0.15) is 42.7 Å². The van der Waals surface area contributed by atoms with E-state index in [9.17, 15) is 14.7 Å². The van der Waals surface area contributed by atoms with E-state index in [1.54, 1.807) is 9.80 Å². The van der Waals surface area contributed by atoms with E-state index in [2.05, 4.69) is 11.8 Å². The van der Waals surface area contributed by atoms with Gasteiger partial charge in [-0.2, -0.15) is 0 Å². The molecule has 2 amide bonds. The minimum atomic E-state index is -0.234. The van der Waals surface area contributed by atoms with Crippen molar-refractivity contribution in [2.45, 2.75) is 43.7 Å². The molecule has 29 heavy (non-hydrogen) atoms. The molecule has 154 valence electrons. The van der Waals surface area contributed by atoms with E-state index in [1.165, 1.54) is 32.8 Å². The van der Waals surface area contributed by atoms with Crippen molar-refractivity contribution < 1.29 is 19.4 Å². The summed E-state index contributed by atoms with van der Waals surface area (Å²) in [4.78, 5) is 28.1. The van der Waals surface area contributed by atoms with Gasteiger partial charge in [0.1, 0.15) is 6.61 Å². The quantitative estimate of drug-likeness (QED) is 0.781. The molecule has 4 rings (SSSR count). The molecule has 2 saturated heterocycles. The Morgan fingerprint density at radius 2 is 1.97 bits per heavy atom. The smallest absolute Gasteiger partial charge is 0.249 e. The second kappa shape index (κ2) is 8.56. The monoisotopic (exact) mass is 396 g/mol. The number of fused-ring (bicyclic) bond motifs is 1. The van der Waals surface area contributed by atoms with E-state index >= 15 is 0 Å². The van der Waals surface area contributed by atoms with Crippen molar-refractivity contribution in [1.82, 2.24) is 9.80 Å². The molecule has 2 aliphatic heterocycles.